The Bertz CT molecular complexity index is 1030. The predicted octanol–water partition coefficient (Wildman–Crippen LogP) is 4.65. The number of hydrazone groups is 1. The van der Waals surface area contributed by atoms with Crippen molar-refractivity contribution in [1.82, 2.24) is 5.01 Å². The van der Waals surface area contributed by atoms with Crippen LogP contribution >= 0.6 is 23.2 Å². The average Bonchev–Trinajstić information content (AvgIpc) is 2.99. The molecule has 0 N–H and O–H groups in total. The minimum Gasteiger partial charge on any atom is -0.482 e. The summed E-state index contributed by atoms with van der Waals surface area (Å²) >= 11 is 12.0. The van der Waals surface area contributed by atoms with E-state index in [9.17, 15) is 14.9 Å². The number of aryl methyl sites for hydroxylation is 1. The van der Waals surface area contributed by atoms with Crippen LogP contribution in [0.1, 0.15) is 25.0 Å². The van der Waals surface area contributed by atoms with Crippen molar-refractivity contribution in [3.63, 3.8) is 0 Å². The maximum atomic E-state index is 12.2. The Hall–Kier alpha value is -2.84. The predicted molar refractivity (Wildman–Crippen MR) is 108 cm³/mol. The first-order valence-electron chi connectivity index (χ1n) is 8.52. The number of nitro groups is 1. The molecule has 2 aromatic carbocycles. The number of nitro benzene ring substituents is 1. The number of hydrogen-bond donors (Lipinski definition) is 0. The average molecular weight is 438 g/mol. The molecule has 0 unspecified atom stereocenters. The van der Waals surface area contributed by atoms with Gasteiger partial charge in [-0.15, -0.1) is 5.10 Å². The number of ether oxygens (including phenoxy) is 2. The number of amides is 1. The van der Waals surface area contributed by atoms with E-state index in [1.165, 1.54) is 19.1 Å². The van der Waals surface area contributed by atoms with Gasteiger partial charge in [-0.25, -0.2) is 0 Å². The minimum absolute atomic E-state index is 0.0755. The standard InChI is InChI=1S/C19H17Cl2N3O5/c1-11-4-5-13(8-16(11)24(26)27)19(3)23(12(2)25)22-18(29-19)10-28-17-7-6-14(20)9-15(17)21/h4-9H,10H2,1-3H3/t19-/m1/s1. The van der Waals surface area contributed by atoms with E-state index >= 15 is 0 Å². The first-order chi connectivity index (χ1) is 13.6. The van der Waals surface area contributed by atoms with Crippen LogP contribution in [-0.4, -0.2) is 28.3 Å². The highest BCUT2D eigenvalue weighted by Gasteiger charge is 2.45. The van der Waals surface area contributed by atoms with Crippen LogP contribution in [0, 0.1) is 17.0 Å². The summed E-state index contributed by atoms with van der Waals surface area (Å²) in [4.78, 5) is 23.0. The van der Waals surface area contributed by atoms with Gasteiger partial charge >= 0.3 is 0 Å². The molecule has 8 nitrogen and oxygen atoms in total. The zero-order chi connectivity index (χ0) is 21.3. The van der Waals surface area contributed by atoms with E-state index in [-0.39, 0.29) is 18.2 Å². The molecule has 2 aromatic rings. The monoisotopic (exact) mass is 437 g/mol. The summed E-state index contributed by atoms with van der Waals surface area (Å²) < 4.78 is 11.5. The summed E-state index contributed by atoms with van der Waals surface area (Å²) in [6.45, 7) is 4.46. The topological polar surface area (TPSA) is 94.3 Å². The van der Waals surface area contributed by atoms with Crippen molar-refractivity contribution in [3.05, 3.63) is 67.7 Å². The molecule has 29 heavy (non-hydrogen) atoms. The van der Waals surface area contributed by atoms with Gasteiger partial charge in [-0.3, -0.25) is 14.9 Å². The lowest BCUT2D eigenvalue weighted by atomic mass is 10.0. The van der Waals surface area contributed by atoms with Crippen molar-refractivity contribution >= 4 is 40.7 Å². The number of benzene rings is 2. The second kappa shape index (κ2) is 7.88. The zero-order valence-corrected chi connectivity index (χ0v) is 17.3. The van der Waals surface area contributed by atoms with Crippen LogP contribution in [0.4, 0.5) is 5.69 Å². The molecule has 152 valence electrons. The zero-order valence-electron chi connectivity index (χ0n) is 15.8. The van der Waals surface area contributed by atoms with Gasteiger partial charge < -0.3 is 9.47 Å². The van der Waals surface area contributed by atoms with E-state index in [0.717, 1.165) is 5.01 Å². The van der Waals surface area contributed by atoms with E-state index < -0.39 is 16.6 Å². The van der Waals surface area contributed by atoms with Crippen LogP contribution in [0.2, 0.25) is 10.0 Å². The van der Waals surface area contributed by atoms with Crippen molar-refractivity contribution in [3.8, 4) is 5.75 Å². The van der Waals surface area contributed by atoms with Crippen LogP contribution in [0.15, 0.2) is 41.5 Å². The smallest absolute Gasteiger partial charge is 0.272 e. The van der Waals surface area contributed by atoms with Crippen molar-refractivity contribution in [1.29, 1.82) is 0 Å². The largest absolute Gasteiger partial charge is 0.482 e. The Kier molecular flexibility index (Phi) is 5.68. The lowest BCUT2D eigenvalue weighted by Gasteiger charge is -2.31. The fourth-order valence-electron chi connectivity index (χ4n) is 2.94. The highest BCUT2D eigenvalue weighted by Crippen LogP contribution is 2.37. The summed E-state index contributed by atoms with van der Waals surface area (Å²) in [6.07, 6.45) is 0. The summed E-state index contributed by atoms with van der Waals surface area (Å²) in [7, 11) is 0. The van der Waals surface area contributed by atoms with Crippen molar-refractivity contribution in [2.24, 2.45) is 5.10 Å². The Morgan fingerprint density at radius 2 is 2.03 bits per heavy atom. The highest BCUT2D eigenvalue weighted by molar-refractivity contribution is 6.35. The second-order valence-corrected chi connectivity index (χ2v) is 7.37. The van der Waals surface area contributed by atoms with E-state index in [1.807, 2.05) is 0 Å². The third-order valence-corrected chi connectivity index (χ3v) is 4.95. The quantitative estimate of drug-likeness (QED) is 0.500. The lowest BCUT2D eigenvalue weighted by molar-refractivity contribution is -0.385. The number of carbonyl (C=O) groups excluding carboxylic acids is 1. The normalized spacial score (nSPS) is 18.2. The molecule has 0 bridgehead atoms. The maximum Gasteiger partial charge on any atom is 0.272 e. The molecule has 1 aliphatic heterocycles. The summed E-state index contributed by atoms with van der Waals surface area (Å²) in [6, 6.07) is 9.40. The minimum atomic E-state index is -1.35. The summed E-state index contributed by atoms with van der Waals surface area (Å²) in [5, 5.41) is 17.4. The Balaban J connectivity index is 1.87. The molecule has 0 spiro atoms. The fraction of sp³-hybridized carbons (Fsp3) is 0.263. The first kappa shape index (κ1) is 20.9. The molecule has 1 heterocycles. The van der Waals surface area contributed by atoms with E-state index in [1.54, 1.807) is 38.1 Å². The van der Waals surface area contributed by atoms with Crippen molar-refractivity contribution < 1.29 is 19.2 Å². The summed E-state index contributed by atoms with van der Waals surface area (Å²) in [5.74, 6) is 0.100. The van der Waals surface area contributed by atoms with Gasteiger partial charge in [-0.1, -0.05) is 35.3 Å². The molecule has 3 rings (SSSR count). The molecule has 0 saturated heterocycles. The third kappa shape index (κ3) is 4.13. The van der Waals surface area contributed by atoms with Gasteiger partial charge in [-0.2, -0.15) is 5.01 Å². The Labute approximate surface area is 176 Å². The van der Waals surface area contributed by atoms with Crippen molar-refractivity contribution in [2.45, 2.75) is 26.5 Å². The highest BCUT2D eigenvalue weighted by atomic mass is 35.5. The third-order valence-electron chi connectivity index (χ3n) is 4.42. The van der Waals surface area contributed by atoms with Gasteiger partial charge in [-0.05, 0) is 25.1 Å². The maximum absolute atomic E-state index is 12.2. The van der Waals surface area contributed by atoms with Crippen LogP contribution in [0.5, 0.6) is 5.75 Å². The molecule has 1 amide bonds. The second-order valence-electron chi connectivity index (χ2n) is 6.53. The molecule has 0 fully saturated rings. The number of hydrogen-bond acceptors (Lipinski definition) is 6. The van der Waals surface area contributed by atoms with Crippen molar-refractivity contribution in [2.75, 3.05) is 6.61 Å². The fourth-order valence-corrected chi connectivity index (χ4v) is 3.40. The van der Waals surface area contributed by atoms with Gasteiger partial charge in [0.1, 0.15) is 5.75 Å². The van der Waals surface area contributed by atoms with Gasteiger partial charge in [0.2, 0.25) is 17.5 Å². The van der Waals surface area contributed by atoms with Gasteiger partial charge in [0.05, 0.1) is 9.95 Å². The molecular weight excluding hydrogens is 421 g/mol. The molecule has 0 radical (unpaired) electrons. The molecular formula is C19H17Cl2N3O5. The van der Waals surface area contributed by atoms with Crippen LogP contribution in [0.3, 0.4) is 0 Å². The Morgan fingerprint density at radius 1 is 1.31 bits per heavy atom. The van der Waals surface area contributed by atoms with Gasteiger partial charge in [0.25, 0.3) is 5.69 Å². The number of nitrogens with zero attached hydrogens (tertiary/aromatic N) is 3. The van der Waals surface area contributed by atoms with E-state index in [0.29, 0.717) is 26.9 Å². The van der Waals surface area contributed by atoms with Gasteiger partial charge in [0, 0.05) is 36.1 Å². The molecule has 0 aromatic heterocycles. The van der Waals surface area contributed by atoms with Crippen LogP contribution in [-0.2, 0) is 15.3 Å². The molecule has 0 aliphatic carbocycles. The molecule has 0 saturated carbocycles. The van der Waals surface area contributed by atoms with E-state index in [4.69, 9.17) is 32.7 Å². The lowest BCUT2D eigenvalue weighted by Crippen LogP contribution is -2.41. The number of halogens is 2. The number of carbonyl (C=O) groups is 1. The van der Waals surface area contributed by atoms with Crippen LogP contribution < -0.4 is 4.74 Å². The molecule has 10 heteroatoms. The SMILES string of the molecule is CC(=O)N1N=C(COc2ccc(Cl)cc2Cl)O[C@]1(C)c1ccc(C)c([N+](=O)[O-])c1. The summed E-state index contributed by atoms with van der Waals surface area (Å²) in [5.41, 5.74) is -0.523. The Morgan fingerprint density at radius 3 is 2.66 bits per heavy atom. The van der Waals surface area contributed by atoms with Crippen LogP contribution in [0.25, 0.3) is 0 Å². The number of rotatable bonds is 5. The van der Waals surface area contributed by atoms with Gasteiger partial charge in [0.15, 0.2) is 6.61 Å². The molecule has 1 atom stereocenters. The first-order valence-corrected chi connectivity index (χ1v) is 9.28. The molecule has 1 aliphatic rings. The van der Waals surface area contributed by atoms with E-state index in [2.05, 4.69) is 5.10 Å².